The van der Waals surface area contributed by atoms with Crippen LogP contribution in [0.15, 0.2) is 72.8 Å². The van der Waals surface area contributed by atoms with Gasteiger partial charge in [0.25, 0.3) is 5.91 Å². The van der Waals surface area contributed by atoms with Gasteiger partial charge in [-0.3, -0.25) is 9.59 Å². The van der Waals surface area contributed by atoms with E-state index in [9.17, 15) is 9.59 Å². The van der Waals surface area contributed by atoms with Crippen LogP contribution in [0, 0.1) is 0 Å². The molecule has 0 aliphatic carbocycles. The second-order valence-corrected chi connectivity index (χ2v) is 8.76. The summed E-state index contributed by atoms with van der Waals surface area (Å²) in [6, 6.07) is 23.2. The molecule has 6 heteroatoms. The summed E-state index contributed by atoms with van der Waals surface area (Å²) in [5.41, 5.74) is 3.60. The number of nitrogens with one attached hydrogen (secondary N) is 1. The molecule has 1 heterocycles. The lowest BCUT2D eigenvalue weighted by atomic mass is 9.95. The maximum Gasteiger partial charge on any atom is 0.263 e. The molecule has 1 aliphatic rings. The van der Waals surface area contributed by atoms with Crippen molar-refractivity contribution < 1.29 is 19.1 Å². The van der Waals surface area contributed by atoms with E-state index in [0.717, 1.165) is 22.4 Å². The number of methoxy groups -OCH3 is 1. The van der Waals surface area contributed by atoms with Crippen LogP contribution in [0.25, 0.3) is 0 Å². The van der Waals surface area contributed by atoms with Gasteiger partial charge < -0.3 is 19.7 Å². The van der Waals surface area contributed by atoms with Crippen molar-refractivity contribution in [3.63, 3.8) is 0 Å². The zero-order chi connectivity index (χ0) is 24.8. The van der Waals surface area contributed by atoms with Crippen LogP contribution in [-0.4, -0.2) is 36.5 Å². The van der Waals surface area contributed by atoms with Crippen molar-refractivity contribution >= 4 is 17.5 Å². The molecule has 0 fully saturated rings. The van der Waals surface area contributed by atoms with Gasteiger partial charge in [0.15, 0.2) is 6.10 Å². The highest BCUT2D eigenvalue weighted by atomic mass is 16.5. The van der Waals surface area contributed by atoms with Gasteiger partial charge in [-0.1, -0.05) is 55.5 Å². The van der Waals surface area contributed by atoms with Gasteiger partial charge in [0.1, 0.15) is 11.5 Å². The second-order valence-electron chi connectivity index (χ2n) is 8.76. The third-order valence-electron chi connectivity index (χ3n) is 6.42. The monoisotopic (exact) mass is 472 g/mol. The fourth-order valence-electron chi connectivity index (χ4n) is 4.52. The van der Waals surface area contributed by atoms with Gasteiger partial charge in [-0.15, -0.1) is 0 Å². The zero-order valence-corrected chi connectivity index (χ0v) is 20.5. The molecule has 1 N–H and O–H groups in total. The standard InChI is InChI=1S/C29H32N2O4/c1-4-25(21-10-6-5-7-11-21)28(32)30-24-14-15-27-23(18-24)19-31(29(33)20(2)35-27)17-16-22-12-8-9-13-26(22)34-3/h5-15,18,20,25H,4,16-17,19H2,1-3H3,(H,30,32)/t20-,25+/m1/s1. The topological polar surface area (TPSA) is 67.9 Å². The van der Waals surface area contributed by atoms with E-state index in [1.54, 1.807) is 14.0 Å². The number of rotatable bonds is 8. The Hall–Kier alpha value is -3.80. The number of benzene rings is 3. The smallest absolute Gasteiger partial charge is 0.263 e. The molecular weight excluding hydrogens is 440 g/mol. The van der Waals surface area contributed by atoms with E-state index in [0.29, 0.717) is 37.4 Å². The van der Waals surface area contributed by atoms with Crippen LogP contribution in [0.3, 0.4) is 0 Å². The normalized spacial score (nSPS) is 16.0. The number of para-hydroxylation sites is 1. The third-order valence-corrected chi connectivity index (χ3v) is 6.42. The van der Waals surface area contributed by atoms with Crippen LogP contribution in [0.2, 0.25) is 0 Å². The van der Waals surface area contributed by atoms with E-state index in [-0.39, 0.29) is 17.7 Å². The number of ether oxygens (including phenoxy) is 2. The summed E-state index contributed by atoms with van der Waals surface area (Å²) in [5, 5.41) is 3.06. The fourth-order valence-corrected chi connectivity index (χ4v) is 4.52. The number of fused-ring (bicyclic) bond motifs is 1. The molecule has 0 bridgehead atoms. The molecule has 0 radical (unpaired) electrons. The average Bonchev–Trinajstić information content (AvgIpc) is 2.99. The first-order valence-electron chi connectivity index (χ1n) is 12.1. The maximum atomic E-state index is 13.0. The number of anilines is 1. The number of hydrogen-bond donors (Lipinski definition) is 1. The highest BCUT2D eigenvalue weighted by Gasteiger charge is 2.28. The Morgan fingerprint density at radius 1 is 1.11 bits per heavy atom. The molecule has 4 rings (SSSR count). The maximum absolute atomic E-state index is 13.0. The van der Waals surface area contributed by atoms with Gasteiger partial charge in [-0.2, -0.15) is 0 Å². The van der Waals surface area contributed by atoms with Crippen LogP contribution in [-0.2, 0) is 22.6 Å². The lowest BCUT2D eigenvalue weighted by molar-refractivity contribution is -0.137. The van der Waals surface area contributed by atoms with Gasteiger partial charge in [0, 0.05) is 24.3 Å². The Morgan fingerprint density at radius 3 is 2.60 bits per heavy atom. The number of nitrogens with zero attached hydrogens (tertiary/aromatic N) is 1. The van der Waals surface area contributed by atoms with Gasteiger partial charge >= 0.3 is 0 Å². The van der Waals surface area contributed by atoms with Crippen LogP contribution in [0.1, 0.15) is 42.9 Å². The first-order chi connectivity index (χ1) is 17.0. The predicted octanol–water partition coefficient (Wildman–Crippen LogP) is 5.18. The molecule has 3 aromatic rings. The van der Waals surface area contributed by atoms with E-state index in [1.807, 2.05) is 84.6 Å². The Bertz CT molecular complexity index is 1180. The average molecular weight is 473 g/mol. The van der Waals surface area contributed by atoms with Gasteiger partial charge in [0.05, 0.1) is 13.0 Å². The fraction of sp³-hybridized carbons (Fsp3) is 0.310. The van der Waals surface area contributed by atoms with Crippen molar-refractivity contribution in [2.45, 2.75) is 45.3 Å². The van der Waals surface area contributed by atoms with Gasteiger partial charge in [-0.05, 0) is 55.2 Å². The Kier molecular flexibility index (Phi) is 7.70. The van der Waals surface area contributed by atoms with E-state index < -0.39 is 6.10 Å². The molecule has 2 amide bonds. The van der Waals surface area contributed by atoms with Crippen molar-refractivity contribution in [2.75, 3.05) is 19.0 Å². The molecule has 2 atom stereocenters. The number of amides is 2. The van der Waals surface area contributed by atoms with Crippen LogP contribution in [0.5, 0.6) is 11.5 Å². The number of hydrogen-bond acceptors (Lipinski definition) is 4. The highest BCUT2D eigenvalue weighted by Crippen LogP contribution is 2.30. The minimum Gasteiger partial charge on any atom is -0.496 e. The Morgan fingerprint density at radius 2 is 1.86 bits per heavy atom. The quantitative estimate of drug-likeness (QED) is 0.491. The minimum absolute atomic E-state index is 0.0503. The molecule has 35 heavy (non-hydrogen) atoms. The largest absolute Gasteiger partial charge is 0.496 e. The molecule has 182 valence electrons. The van der Waals surface area contributed by atoms with Crippen LogP contribution < -0.4 is 14.8 Å². The highest BCUT2D eigenvalue weighted by molar-refractivity contribution is 5.96. The molecule has 6 nitrogen and oxygen atoms in total. The molecule has 1 aliphatic heterocycles. The summed E-state index contributed by atoms with van der Waals surface area (Å²) in [4.78, 5) is 27.9. The number of carbonyl (C=O) groups is 2. The molecule has 3 aromatic carbocycles. The summed E-state index contributed by atoms with van der Waals surface area (Å²) in [6.07, 6.45) is 0.785. The van der Waals surface area contributed by atoms with Crippen molar-refractivity contribution in [1.29, 1.82) is 0 Å². The Labute approximate surface area is 206 Å². The molecule has 0 saturated carbocycles. The molecule has 0 unspecified atom stereocenters. The summed E-state index contributed by atoms with van der Waals surface area (Å²) >= 11 is 0. The van der Waals surface area contributed by atoms with Crippen molar-refractivity contribution in [3.05, 3.63) is 89.5 Å². The Balaban J connectivity index is 1.51. The summed E-state index contributed by atoms with van der Waals surface area (Å²) in [7, 11) is 1.65. The molecule has 0 spiro atoms. The third kappa shape index (κ3) is 5.65. The van der Waals surface area contributed by atoms with Gasteiger partial charge in [0.2, 0.25) is 5.91 Å². The second kappa shape index (κ2) is 11.1. The SMILES string of the molecule is CC[C@H](C(=O)Nc1ccc2c(c1)CN(CCc1ccccc1OC)C(=O)[C@@H](C)O2)c1ccccc1. The summed E-state index contributed by atoms with van der Waals surface area (Å²) in [6.45, 7) is 4.73. The van der Waals surface area contributed by atoms with E-state index >= 15 is 0 Å². The van der Waals surface area contributed by atoms with Crippen molar-refractivity contribution in [1.82, 2.24) is 4.90 Å². The molecule has 0 aromatic heterocycles. The van der Waals surface area contributed by atoms with Crippen molar-refractivity contribution in [3.8, 4) is 11.5 Å². The number of carbonyl (C=O) groups excluding carboxylic acids is 2. The van der Waals surface area contributed by atoms with Crippen LogP contribution >= 0.6 is 0 Å². The first-order valence-corrected chi connectivity index (χ1v) is 12.1. The minimum atomic E-state index is -0.586. The van der Waals surface area contributed by atoms with E-state index in [2.05, 4.69) is 5.32 Å². The molecule has 0 saturated heterocycles. The molecular formula is C29H32N2O4. The van der Waals surface area contributed by atoms with Crippen molar-refractivity contribution in [2.24, 2.45) is 0 Å². The summed E-state index contributed by atoms with van der Waals surface area (Å²) in [5.74, 6) is 1.14. The lowest BCUT2D eigenvalue weighted by Crippen LogP contribution is -2.39. The predicted molar refractivity (Wildman–Crippen MR) is 137 cm³/mol. The van der Waals surface area contributed by atoms with Gasteiger partial charge in [-0.25, -0.2) is 0 Å². The summed E-state index contributed by atoms with van der Waals surface area (Å²) < 4.78 is 11.4. The van der Waals surface area contributed by atoms with E-state index in [1.165, 1.54) is 0 Å². The van der Waals surface area contributed by atoms with Crippen LogP contribution in [0.4, 0.5) is 5.69 Å². The van der Waals surface area contributed by atoms with E-state index in [4.69, 9.17) is 9.47 Å². The zero-order valence-electron chi connectivity index (χ0n) is 20.5. The first kappa shape index (κ1) is 24.3. The lowest BCUT2D eigenvalue weighted by Gasteiger charge is -2.22.